The van der Waals surface area contributed by atoms with Crippen LogP contribution >= 0.6 is 0 Å². The number of carbonyl (C=O) groups is 1. The molecule has 0 aromatic heterocycles. The molecular weight excluding hydrogens is 416 g/mol. The van der Waals surface area contributed by atoms with E-state index in [9.17, 15) is 9.90 Å². The Morgan fingerprint density at radius 3 is 1.85 bits per heavy atom. The fourth-order valence-corrected chi connectivity index (χ4v) is 2.82. The molecule has 3 rings (SSSR count). The highest BCUT2D eigenvalue weighted by molar-refractivity contribution is 5.89. The van der Waals surface area contributed by atoms with Crippen molar-refractivity contribution in [3.05, 3.63) is 65.2 Å². The van der Waals surface area contributed by atoms with Crippen LogP contribution < -0.4 is 9.78 Å². The van der Waals surface area contributed by atoms with Crippen LogP contribution in [0.1, 0.15) is 78.0 Å². The van der Waals surface area contributed by atoms with Gasteiger partial charge in [0.2, 0.25) is 0 Å². The summed E-state index contributed by atoms with van der Waals surface area (Å²) in [5.74, 6) is 0.733. The number of phenols is 1. The van der Waals surface area contributed by atoms with E-state index in [1.807, 2.05) is 84.9 Å². The topological polar surface area (TPSA) is 65.0 Å². The van der Waals surface area contributed by atoms with E-state index >= 15 is 0 Å². The fourth-order valence-electron chi connectivity index (χ4n) is 2.82. The Labute approximate surface area is 199 Å². The molecule has 0 radical (unpaired) electrons. The Balaban J connectivity index is 0.00000158. The predicted molar refractivity (Wildman–Crippen MR) is 137 cm³/mol. The zero-order chi connectivity index (χ0) is 25.6. The molecule has 5 heteroatoms. The van der Waals surface area contributed by atoms with Crippen molar-refractivity contribution in [1.82, 2.24) is 0 Å². The minimum Gasteiger partial charge on any atom is -0.508 e. The van der Waals surface area contributed by atoms with E-state index in [1.54, 1.807) is 32.9 Å². The van der Waals surface area contributed by atoms with Crippen molar-refractivity contribution < 1.29 is 24.7 Å². The summed E-state index contributed by atoms with van der Waals surface area (Å²) >= 11 is 0. The molecule has 0 aliphatic carbocycles. The second kappa shape index (κ2) is 15.7. The molecule has 33 heavy (non-hydrogen) atoms. The van der Waals surface area contributed by atoms with Crippen LogP contribution in [0.25, 0.3) is 10.8 Å². The van der Waals surface area contributed by atoms with E-state index in [2.05, 4.69) is 0 Å². The van der Waals surface area contributed by atoms with E-state index < -0.39 is 0 Å². The van der Waals surface area contributed by atoms with Gasteiger partial charge in [0, 0.05) is 16.5 Å². The average Bonchev–Trinajstić information content (AvgIpc) is 2.85. The normalized spacial score (nSPS) is 10.4. The minimum atomic E-state index is -0.342. The fraction of sp³-hybridized carbons (Fsp3) is 0.393. The van der Waals surface area contributed by atoms with Crippen LogP contribution in [0.15, 0.2) is 48.5 Å². The third kappa shape index (κ3) is 8.43. The lowest BCUT2D eigenvalue weighted by Crippen LogP contribution is -2.09. The molecule has 5 nitrogen and oxygen atoms in total. The highest BCUT2D eigenvalue weighted by Crippen LogP contribution is 2.33. The number of aromatic hydroxyl groups is 1. The van der Waals surface area contributed by atoms with Gasteiger partial charge in [-0.05, 0) is 66.9 Å². The van der Waals surface area contributed by atoms with Crippen molar-refractivity contribution in [1.29, 1.82) is 0 Å². The molecule has 3 aromatic rings. The summed E-state index contributed by atoms with van der Waals surface area (Å²) in [7, 11) is 0. The molecule has 182 valence electrons. The van der Waals surface area contributed by atoms with Crippen LogP contribution in [0.3, 0.4) is 0 Å². The van der Waals surface area contributed by atoms with Gasteiger partial charge in [-0.3, -0.25) is 14.6 Å². The van der Waals surface area contributed by atoms with E-state index in [0.717, 1.165) is 16.3 Å². The second-order valence-corrected chi connectivity index (χ2v) is 6.71. The van der Waals surface area contributed by atoms with Crippen molar-refractivity contribution in [3.63, 3.8) is 0 Å². The molecule has 0 saturated carbocycles. The van der Waals surface area contributed by atoms with Gasteiger partial charge in [0.1, 0.15) is 11.5 Å². The van der Waals surface area contributed by atoms with Crippen molar-refractivity contribution in [3.8, 4) is 17.2 Å². The first-order chi connectivity index (χ1) is 15.9. The molecule has 1 N–H and O–H groups in total. The van der Waals surface area contributed by atoms with E-state index in [0.29, 0.717) is 22.6 Å². The van der Waals surface area contributed by atoms with Crippen molar-refractivity contribution in [2.75, 3.05) is 0 Å². The second-order valence-electron chi connectivity index (χ2n) is 6.71. The summed E-state index contributed by atoms with van der Waals surface area (Å²) < 4.78 is 0. The molecule has 0 amide bonds. The number of fused-ring (bicyclic) bond motifs is 1. The smallest absolute Gasteiger partial charge is 0.174 e. The number of rotatable bonds is 6. The van der Waals surface area contributed by atoms with Gasteiger partial charge in [-0.15, -0.1) is 0 Å². The summed E-state index contributed by atoms with van der Waals surface area (Å²) in [6.07, 6.45) is 0. The number of aryl methyl sites for hydroxylation is 2. The molecule has 0 fully saturated rings. The lowest BCUT2D eigenvalue weighted by Gasteiger charge is -2.15. The lowest BCUT2D eigenvalue weighted by molar-refractivity contribution is -0.411. The van der Waals surface area contributed by atoms with Gasteiger partial charge in [0.05, 0.1) is 0 Å². The van der Waals surface area contributed by atoms with Crippen LogP contribution in [0.2, 0.25) is 0 Å². The highest BCUT2D eigenvalue weighted by Gasteiger charge is 2.18. The number of phenolic OH excluding ortho intramolecular Hbond substituents is 1. The van der Waals surface area contributed by atoms with E-state index in [4.69, 9.17) is 14.8 Å². The summed E-state index contributed by atoms with van der Waals surface area (Å²) in [6.45, 7) is 18.9. The molecular formula is C28H40O5. The minimum absolute atomic E-state index is 0.0288. The average molecular weight is 457 g/mol. The number of ketones is 1. The van der Waals surface area contributed by atoms with Crippen molar-refractivity contribution >= 4 is 16.6 Å². The highest BCUT2D eigenvalue weighted by atomic mass is 17.5. The zero-order valence-electron chi connectivity index (χ0n) is 21.8. The van der Waals surface area contributed by atoms with E-state index in [1.165, 1.54) is 0 Å². The Kier molecular flexibility index (Phi) is 14.3. The van der Waals surface area contributed by atoms with E-state index in [-0.39, 0.29) is 17.5 Å². The maximum atomic E-state index is 11.9. The molecule has 1 atom stereocenters. The van der Waals surface area contributed by atoms with Gasteiger partial charge in [0.25, 0.3) is 0 Å². The first-order valence-electron chi connectivity index (χ1n) is 11.7. The van der Waals surface area contributed by atoms with Crippen LogP contribution in [0, 0.1) is 13.8 Å². The first kappa shape index (κ1) is 29.9. The van der Waals surface area contributed by atoms with Gasteiger partial charge in [-0.2, -0.15) is 0 Å². The molecule has 0 heterocycles. The Hall–Kier alpha value is -3.05. The standard InChI is InChI=1S/C22H22O5.3C2H6/c1-13-10-21(14(2)9-20(13)24)25-27-26-22-12-18-8-6-5-7-17(18)11-19(22)15(3)16(4)23;3*1-2/h5-12,15,24H,1-4H3;3*1-2H3. The molecule has 0 aliphatic rings. The molecule has 0 spiro atoms. The first-order valence-corrected chi connectivity index (χ1v) is 11.7. The number of Topliss-reactive ketones (excluding diaryl/α,β-unsaturated/α-hetero) is 1. The van der Waals surface area contributed by atoms with Crippen molar-refractivity contribution in [2.24, 2.45) is 0 Å². The maximum absolute atomic E-state index is 11.9. The van der Waals surface area contributed by atoms with Crippen LogP contribution in [-0.2, 0) is 9.83 Å². The van der Waals surface area contributed by atoms with Gasteiger partial charge >= 0.3 is 0 Å². The quantitative estimate of drug-likeness (QED) is 0.299. The van der Waals surface area contributed by atoms with Crippen LogP contribution in [-0.4, -0.2) is 10.9 Å². The monoisotopic (exact) mass is 456 g/mol. The molecule has 0 saturated heterocycles. The predicted octanol–water partition coefficient (Wildman–Crippen LogP) is 8.24. The Morgan fingerprint density at radius 1 is 0.788 bits per heavy atom. The number of carbonyl (C=O) groups excluding carboxylic acids is 1. The Bertz CT molecular complexity index is 995. The summed E-state index contributed by atoms with van der Waals surface area (Å²) in [4.78, 5) is 22.6. The summed E-state index contributed by atoms with van der Waals surface area (Å²) in [5, 5.41) is 16.7. The molecule has 0 bridgehead atoms. The summed E-state index contributed by atoms with van der Waals surface area (Å²) in [6, 6.07) is 14.8. The Morgan fingerprint density at radius 2 is 1.30 bits per heavy atom. The largest absolute Gasteiger partial charge is 0.508 e. The van der Waals surface area contributed by atoms with Gasteiger partial charge < -0.3 is 5.11 Å². The lowest BCUT2D eigenvalue weighted by atomic mass is 9.94. The third-order valence-electron chi connectivity index (χ3n) is 4.70. The zero-order valence-corrected chi connectivity index (χ0v) is 21.8. The SMILES string of the molecule is CC.CC.CC.CC(=O)C(C)c1cc2ccccc2cc1OOOc1cc(C)c(O)cc1C. The van der Waals surface area contributed by atoms with Gasteiger partial charge in [-0.25, -0.2) is 0 Å². The number of hydrogen-bond acceptors (Lipinski definition) is 5. The van der Waals surface area contributed by atoms with Gasteiger partial charge in [-0.1, -0.05) is 72.7 Å². The summed E-state index contributed by atoms with van der Waals surface area (Å²) in [5.41, 5.74) is 2.09. The van der Waals surface area contributed by atoms with Gasteiger partial charge in [0.15, 0.2) is 11.5 Å². The van der Waals surface area contributed by atoms with Crippen LogP contribution in [0.4, 0.5) is 0 Å². The number of benzene rings is 3. The van der Waals surface area contributed by atoms with Crippen LogP contribution in [0.5, 0.6) is 17.2 Å². The van der Waals surface area contributed by atoms with Crippen molar-refractivity contribution in [2.45, 2.75) is 75.2 Å². The molecule has 0 aliphatic heterocycles. The maximum Gasteiger partial charge on any atom is 0.174 e. The molecule has 3 aromatic carbocycles. The molecule has 1 unspecified atom stereocenters. The third-order valence-corrected chi connectivity index (χ3v) is 4.70. The number of hydrogen-bond donors (Lipinski definition) is 1.